The van der Waals surface area contributed by atoms with Crippen LogP contribution in [-0.2, 0) is 23.4 Å². The number of nitrogens with zero attached hydrogens (tertiary/aromatic N) is 2. The van der Waals surface area contributed by atoms with Crippen molar-refractivity contribution in [2.75, 3.05) is 6.61 Å². The van der Waals surface area contributed by atoms with Crippen LogP contribution in [0.15, 0.2) is 22.7 Å². The molecule has 0 radical (unpaired) electrons. The topological polar surface area (TPSA) is 60.2 Å². The van der Waals surface area contributed by atoms with E-state index in [4.69, 9.17) is 9.26 Å². The molecule has 5 nitrogen and oxygen atoms in total. The fourth-order valence-electron chi connectivity index (χ4n) is 2.63. The fraction of sp³-hybridized carbons (Fsp3) is 0.500. The van der Waals surface area contributed by atoms with Crippen LogP contribution in [0.3, 0.4) is 0 Å². The summed E-state index contributed by atoms with van der Waals surface area (Å²) in [5.41, 5.74) is 3.11. The van der Waals surface area contributed by atoms with Gasteiger partial charge in [-0.2, -0.15) is 4.98 Å². The smallest absolute Gasteiger partial charge is 0.258 e. The van der Waals surface area contributed by atoms with E-state index in [1.54, 1.807) is 0 Å². The second-order valence-corrected chi connectivity index (χ2v) is 5.53. The molecule has 0 saturated carbocycles. The monoisotopic (exact) mass is 287 g/mol. The predicted molar refractivity (Wildman–Crippen MR) is 79.5 cm³/mol. The average Bonchev–Trinajstić information content (AvgIpc) is 3.15. The maximum atomic E-state index is 5.79. The Kier molecular flexibility index (Phi) is 3.78. The Morgan fingerprint density at radius 3 is 2.86 bits per heavy atom. The van der Waals surface area contributed by atoms with Crippen LogP contribution in [0.4, 0.5) is 0 Å². The van der Waals surface area contributed by atoms with Crippen molar-refractivity contribution < 1.29 is 9.26 Å². The third-order valence-corrected chi connectivity index (χ3v) is 4.12. The number of hydrogen-bond donors (Lipinski definition) is 1. The summed E-state index contributed by atoms with van der Waals surface area (Å²) in [6.07, 6.45) is 0.800. The van der Waals surface area contributed by atoms with E-state index in [9.17, 15) is 0 Å². The molecule has 1 aliphatic heterocycles. The zero-order valence-corrected chi connectivity index (χ0v) is 12.8. The SMILES string of the molecule is CCOC(C)(CC)c1noc(-c2ccc3c(c2)CNC3)n1. The number of hydrogen-bond acceptors (Lipinski definition) is 5. The molecule has 0 bridgehead atoms. The van der Waals surface area contributed by atoms with Crippen molar-refractivity contribution in [2.45, 2.75) is 45.9 Å². The normalized spacial score (nSPS) is 16.7. The van der Waals surface area contributed by atoms with Gasteiger partial charge in [-0.05, 0) is 43.5 Å². The first-order valence-electron chi connectivity index (χ1n) is 7.47. The minimum Gasteiger partial charge on any atom is -0.367 e. The molecule has 1 aromatic heterocycles. The Morgan fingerprint density at radius 2 is 2.10 bits per heavy atom. The van der Waals surface area contributed by atoms with Crippen molar-refractivity contribution in [3.8, 4) is 11.5 Å². The maximum absolute atomic E-state index is 5.79. The van der Waals surface area contributed by atoms with E-state index in [1.165, 1.54) is 11.1 Å². The number of nitrogens with one attached hydrogen (secondary N) is 1. The van der Waals surface area contributed by atoms with Crippen molar-refractivity contribution in [3.05, 3.63) is 35.2 Å². The summed E-state index contributed by atoms with van der Waals surface area (Å²) < 4.78 is 11.2. The minimum absolute atomic E-state index is 0.491. The van der Waals surface area contributed by atoms with E-state index in [0.29, 0.717) is 18.3 Å². The van der Waals surface area contributed by atoms with E-state index in [2.05, 4.69) is 34.5 Å². The van der Waals surface area contributed by atoms with Crippen LogP contribution in [0.2, 0.25) is 0 Å². The second kappa shape index (κ2) is 5.58. The highest BCUT2D eigenvalue weighted by Gasteiger charge is 2.31. The van der Waals surface area contributed by atoms with Crippen LogP contribution in [0.25, 0.3) is 11.5 Å². The second-order valence-electron chi connectivity index (χ2n) is 5.53. The Hall–Kier alpha value is -1.72. The molecule has 3 rings (SSSR count). The number of ether oxygens (including phenoxy) is 1. The number of fused-ring (bicyclic) bond motifs is 1. The molecule has 5 heteroatoms. The molecule has 0 aliphatic carbocycles. The van der Waals surface area contributed by atoms with Crippen LogP contribution < -0.4 is 5.32 Å². The summed E-state index contributed by atoms with van der Waals surface area (Å²) in [6, 6.07) is 6.28. The lowest BCUT2D eigenvalue weighted by Crippen LogP contribution is -2.26. The minimum atomic E-state index is -0.491. The van der Waals surface area contributed by atoms with Gasteiger partial charge < -0.3 is 14.6 Å². The summed E-state index contributed by atoms with van der Waals surface area (Å²) in [4.78, 5) is 4.54. The zero-order valence-electron chi connectivity index (χ0n) is 12.8. The summed E-state index contributed by atoms with van der Waals surface area (Å²) in [5.74, 6) is 1.17. The fourth-order valence-corrected chi connectivity index (χ4v) is 2.63. The van der Waals surface area contributed by atoms with E-state index >= 15 is 0 Å². The lowest BCUT2D eigenvalue weighted by molar-refractivity contribution is -0.0403. The Labute approximate surface area is 124 Å². The Balaban J connectivity index is 1.91. The third kappa shape index (κ3) is 2.59. The van der Waals surface area contributed by atoms with Crippen molar-refractivity contribution in [1.29, 1.82) is 0 Å². The lowest BCUT2D eigenvalue weighted by atomic mass is 10.0. The van der Waals surface area contributed by atoms with Crippen LogP contribution in [0.1, 0.15) is 44.1 Å². The molecule has 0 fully saturated rings. The molecule has 1 N–H and O–H groups in total. The largest absolute Gasteiger partial charge is 0.367 e. The van der Waals surface area contributed by atoms with Gasteiger partial charge in [-0.15, -0.1) is 0 Å². The van der Waals surface area contributed by atoms with Gasteiger partial charge in [0.15, 0.2) is 0 Å². The molecule has 21 heavy (non-hydrogen) atoms. The quantitative estimate of drug-likeness (QED) is 0.916. The van der Waals surface area contributed by atoms with Gasteiger partial charge in [-0.1, -0.05) is 18.1 Å². The number of benzene rings is 1. The molecular weight excluding hydrogens is 266 g/mol. The molecule has 1 aliphatic rings. The van der Waals surface area contributed by atoms with Gasteiger partial charge in [0, 0.05) is 25.3 Å². The van der Waals surface area contributed by atoms with Gasteiger partial charge in [0.25, 0.3) is 5.89 Å². The highest BCUT2D eigenvalue weighted by atomic mass is 16.5. The molecule has 1 unspecified atom stereocenters. The van der Waals surface area contributed by atoms with Gasteiger partial charge in [0.05, 0.1) is 0 Å². The van der Waals surface area contributed by atoms with Gasteiger partial charge in [-0.3, -0.25) is 0 Å². The van der Waals surface area contributed by atoms with E-state index in [1.807, 2.05) is 19.9 Å². The molecule has 2 heterocycles. The summed E-state index contributed by atoms with van der Waals surface area (Å²) in [6.45, 7) is 8.49. The highest BCUT2D eigenvalue weighted by molar-refractivity contribution is 5.56. The Bertz CT molecular complexity index is 638. The van der Waals surface area contributed by atoms with Crippen molar-refractivity contribution in [3.63, 3.8) is 0 Å². The van der Waals surface area contributed by atoms with Crippen LogP contribution in [-0.4, -0.2) is 16.7 Å². The zero-order chi connectivity index (χ0) is 14.9. The summed E-state index contributed by atoms with van der Waals surface area (Å²) >= 11 is 0. The van der Waals surface area contributed by atoms with E-state index < -0.39 is 5.60 Å². The first-order valence-corrected chi connectivity index (χ1v) is 7.47. The highest BCUT2D eigenvalue weighted by Crippen LogP contribution is 2.29. The van der Waals surface area contributed by atoms with Crippen LogP contribution >= 0.6 is 0 Å². The van der Waals surface area contributed by atoms with Crippen LogP contribution in [0, 0.1) is 0 Å². The average molecular weight is 287 g/mol. The standard InChI is InChI=1S/C16H21N3O2/c1-4-16(3,20-5-2)15-18-14(21-19-15)11-6-7-12-9-17-10-13(12)8-11/h6-8,17H,4-5,9-10H2,1-3H3. The third-order valence-electron chi connectivity index (χ3n) is 4.12. The molecule has 0 amide bonds. The first kappa shape index (κ1) is 14.2. The predicted octanol–water partition coefficient (Wildman–Crippen LogP) is 3.00. The first-order chi connectivity index (χ1) is 10.2. The van der Waals surface area contributed by atoms with Crippen molar-refractivity contribution in [1.82, 2.24) is 15.5 Å². The molecule has 2 aromatic rings. The van der Waals surface area contributed by atoms with Crippen molar-refractivity contribution in [2.24, 2.45) is 0 Å². The lowest BCUT2D eigenvalue weighted by Gasteiger charge is -2.23. The van der Waals surface area contributed by atoms with E-state index in [0.717, 1.165) is 25.1 Å². The molecule has 0 spiro atoms. The molecule has 112 valence electrons. The van der Waals surface area contributed by atoms with Gasteiger partial charge in [-0.25, -0.2) is 0 Å². The van der Waals surface area contributed by atoms with Gasteiger partial charge in [0.1, 0.15) is 5.60 Å². The molecule has 0 saturated heterocycles. The molecular formula is C16H21N3O2. The van der Waals surface area contributed by atoms with Crippen molar-refractivity contribution >= 4 is 0 Å². The van der Waals surface area contributed by atoms with Gasteiger partial charge in [0.2, 0.25) is 5.82 Å². The van der Waals surface area contributed by atoms with E-state index in [-0.39, 0.29) is 0 Å². The summed E-state index contributed by atoms with van der Waals surface area (Å²) in [7, 11) is 0. The molecule has 1 aromatic carbocycles. The Morgan fingerprint density at radius 1 is 1.29 bits per heavy atom. The number of rotatable bonds is 5. The maximum Gasteiger partial charge on any atom is 0.258 e. The molecule has 1 atom stereocenters. The van der Waals surface area contributed by atoms with Gasteiger partial charge >= 0.3 is 0 Å². The number of aromatic nitrogens is 2. The van der Waals surface area contributed by atoms with Crippen LogP contribution in [0.5, 0.6) is 0 Å². The summed E-state index contributed by atoms with van der Waals surface area (Å²) in [5, 5.41) is 7.46.